The van der Waals surface area contributed by atoms with Crippen molar-refractivity contribution in [3.63, 3.8) is 0 Å². The number of aromatic nitrogens is 2. The van der Waals surface area contributed by atoms with E-state index in [4.69, 9.17) is 5.73 Å². The van der Waals surface area contributed by atoms with Crippen molar-refractivity contribution in [2.24, 2.45) is 5.73 Å². The van der Waals surface area contributed by atoms with Gasteiger partial charge < -0.3 is 11.1 Å². The molecule has 2 aromatic rings. The van der Waals surface area contributed by atoms with Crippen LogP contribution in [-0.2, 0) is 11.2 Å². The molecule has 0 bridgehead atoms. The molecule has 0 aliphatic rings. The van der Waals surface area contributed by atoms with Crippen molar-refractivity contribution in [3.05, 3.63) is 48.0 Å². The number of rotatable bonds is 8. The predicted molar refractivity (Wildman–Crippen MR) is 91.2 cm³/mol. The Bertz CT molecular complexity index is 629. The summed E-state index contributed by atoms with van der Waals surface area (Å²) in [5.74, 6) is 0.468. The fourth-order valence-electron chi connectivity index (χ4n) is 2.05. The van der Waals surface area contributed by atoms with Crippen LogP contribution in [-0.4, -0.2) is 40.3 Å². The van der Waals surface area contributed by atoms with Gasteiger partial charge in [0.25, 0.3) is 0 Å². The minimum atomic E-state index is -0.459. The van der Waals surface area contributed by atoms with Crippen molar-refractivity contribution < 1.29 is 9.18 Å². The molecule has 1 aromatic heterocycles. The van der Waals surface area contributed by atoms with Crippen LogP contribution in [0.4, 0.5) is 4.39 Å². The summed E-state index contributed by atoms with van der Waals surface area (Å²) in [6.45, 7) is 0.492. The standard InChI is InChI=1S/C16H21FN4OS/c1-23-11-8-15(18)16(22)19-9-6-13-7-10-21(20-13)14-4-2-12(17)3-5-14/h2-5,7,10,15H,6,8-9,11,18H2,1H3,(H,19,22)/t15-/m0/s1. The lowest BCUT2D eigenvalue weighted by Crippen LogP contribution is -2.41. The van der Waals surface area contributed by atoms with E-state index in [1.165, 1.54) is 12.1 Å². The number of benzene rings is 1. The van der Waals surface area contributed by atoms with Crippen molar-refractivity contribution in [1.82, 2.24) is 15.1 Å². The van der Waals surface area contributed by atoms with E-state index >= 15 is 0 Å². The molecule has 1 aromatic carbocycles. The van der Waals surface area contributed by atoms with Gasteiger partial charge in [0.1, 0.15) is 5.82 Å². The normalized spacial score (nSPS) is 12.1. The Morgan fingerprint density at radius 2 is 2.13 bits per heavy atom. The summed E-state index contributed by atoms with van der Waals surface area (Å²) >= 11 is 1.67. The van der Waals surface area contributed by atoms with Crippen molar-refractivity contribution in [2.45, 2.75) is 18.9 Å². The van der Waals surface area contributed by atoms with Crippen LogP contribution < -0.4 is 11.1 Å². The maximum Gasteiger partial charge on any atom is 0.236 e. The van der Waals surface area contributed by atoms with E-state index in [0.717, 1.165) is 17.1 Å². The number of thioether (sulfide) groups is 1. The number of hydrogen-bond acceptors (Lipinski definition) is 4. The summed E-state index contributed by atoms with van der Waals surface area (Å²) in [4.78, 5) is 11.8. The monoisotopic (exact) mass is 336 g/mol. The van der Waals surface area contributed by atoms with E-state index in [2.05, 4.69) is 10.4 Å². The average molecular weight is 336 g/mol. The van der Waals surface area contributed by atoms with Gasteiger partial charge in [0.2, 0.25) is 5.91 Å². The summed E-state index contributed by atoms with van der Waals surface area (Å²) in [7, 11) is 0. The van der Waals surface area contributed by atoms with Gasteiger partial charge in [0, 0.05) is 19.2 Å². The van der Waals surface area contributed by atoms with Gasteiger partial charge in [-0.1, -0.05) is 0 Å². The highest BCUT2D eigenvalue weighted by Gasteiger charge is 2.12. The summed E-state index contributed by atoms with van der Waals surface area (Å²) in [5.41, 5.74) is 7.45. The first-order chi connectivity index (χ1) is 11.1. The first kappa shape index (κ1) is 17.5. The Balaban J connectivity index is 1.81. The van der Waals surface area contributed by atoms with Crippen LogP contribution in [0.25, 0.3) is 5.69 Å². The molecule has 1 heterocycles. The molecule has 0 radical (unpaired) electrons. The van der Waals surface area contributed by atoms with E-state index < -0.39 is 6.04 Å². The molecule has 1 atom stereocenters. The molecule has 2 rings (SSSR count). The molecule has 0 saturated heterocycles. The molecule has 7 heteroatoms. The molecule has 1 amide bonds. The van der Waals surface area contributed by atoms with Gasteiger partial charge >= 0.3 is 0 Å². The average Bonchev–Trinajstić information content (AvgIpc) is 3.02. The largest absolute Gasteiger partial charge is 0.354 e. The molecule has 124 valence electrons. The molecule has 0 saturated carbocycles. The topological polar surface area (TPSA) is 72.9 Å². The second kappa shape index (κ2) is 8.69. The number of nitrogens with one attached hydrogen (secondary N) is 1. The number of carbonyl (C=O) groups is 1. The molecule has 0 aliphatic carbocycles. The number of nitrogens with two attached hydrogens (primary N) is 1. The molecular formula is C16H21FN4OS. The smallest absolute Gasteiger partial charge is 0.236 e. The lowest BCUT2D eigenvalue weighted by molar-refractivity contribution is -0.122. The third-order valence-corrected chi connectivity index (χ3v) is 4.03. The van der Waals surface area contributed by atoms with Gasteiger partial charge in [-0.3, -0.25) is 4.79 Å². The van der Waals surface area contributed by atoms with E-state index in [1.54, 1.807) is 28.6 Å². The highest BCUT2D eigenvalue weighted by atomic mass is 32.2. The lowest BCUT2D eigenvalue weighted by Gasteiger charge is -2.10. The number of halogens is 1. The Kier molecular flexibility index (Phi) is 6.61. The highest BCUT2D eigenvalue weighted by molar-refractivity contribution is 7.98. The molecule has 3 N–H and O–H groups in total. The van der Waals surface area contributed by atoms with Crippen molar-refractivity contribution in [1.29, 1.82) is 0 Å². The summed E-state index contributed by atoms with van der Waals surface area (Å²) in [6, 6.07) is 7.54. The second-order valence-corrected chi connectivity index (χ2v) is 6.14. The minimum Gasteiger partial charge on any atom is -0.354 e. The van der Waals surface area contributed by atoms with E-state index in [-0.39, 0.29) is 11.7 Å². The fraction of sp³-hybridized carbons (Fsp3) is 0.375. The van der Waals surface area contributed by atoms with E-state index in [0.29, 0.717) is 19.4 Å². The molecular weight excluding hydrogens is 315 g/mol. The molecule has 0 spiro atoms. The Morgan fingerprint density at radius 1 is 1.39 bits per heavy atom. The van der Waals surface area contributed by atoms with Gasteiger partial charge in [-0.2, -0.15) is 16.9 Å². The van der Waals surface area contributed by atoms with Gasteiger partial charge in [0.05, 0.1) is 17.4 Å². The van der Waals surface area contributed by atoms with Gasteiger partial charge in [-0.05, 0) is 48.8 Å². The van der Waals surface area contributed by atoms with Crippen LogP contribution in [0.2, 0.25) is 0 Å². The van der Waals surface area contributed by atoms with Crippen LogP contribution in [0.1, 0.15) is 12.1 Å². The van der Waals surface area contributed by atoms with Crippen LogP contribution >= 0.6 is 11.8 Å². The maximum absolute atomic E-state index is 12.9. The maximum atomic E-state index is 12.9. The first-order valence-corrected chi connectivity index (χ1v) is 8.82. The number of carbonyl (C=O) groups excluding carboxylic acids is 1. The second-order valence-electron chi connectivity index (χ2n) is 5.16. The third kappa shape index (κ3) is 5.37. The van der Waals surface area contributed by atoms with Crippen LogP contribution in [0.3, 0.4) is 0 Å². The minimum absolute atomic E-state index is 0.128. The third-order valence-electron chi connectivity index (χ3n) is 3.39. The number of hydrogen-bond donors (Lipinski definition) is 2. The van der Waals surface area contributed by atoms with Gasteiger partial charge in [-0.25, -0.2) is 9.07 Å². The van der Waals surface area contributed by atoms with Gasteiger partial charge in [0.15, 0.2) is 0 Å². The van der Waals surface area contributed by atoms with Crippen molar-refractivity contribution in [3.8, 4) is 5.69 Å². The van der Waals surface area contributed by atoms with Gasteiger partial charge in [-0.15, -0.1) is 0 Å². The zero-order valence-corrected chi connectivity index (χ0v) is 13.9. The first-order valence-electron chi connectivity index (χ1n) is 7.43. The summed E-state index contributed by atoms with van der Waals surface area (Å²) in [6.07, 6.45) is 5.10. The van der Waals surface area contributed by atoms with Crippen LogP contribution in [0, 0.1) is 5.82 Å². The predicted octanol–water partition coefficient (Wildman–Crippen LogP) is 1.75. The molecule has 0 fully saturated rings. The Labute approximate surface area is 139 Å². The zero-order valence-electron chi connectivity index (χ0n) is 13.0. The lowest BCUT2D eigenvalue weighted by atomic mass is 10.2. The molecule has 0 aliphatic heterocycles. The van der Waals surface area contributed by atoms with Crippen LogP contribution in [0.5, 0.6) is 0 Å². The fourth-order valence-corrected chi connectivity index (χ4v) is 2.54. The van der Waals surface area contributed by atoms with Crippen molar-refractivity contribution in [2.75, 3.05) is 18.6 Å². The Morgan fingerprint density at radius 3 is 2.83 bits per heavy atom. The highest BCUT2D eigenvalue weighted by Crippen LogP contribution is 2.09. The summed E-state index contributed by atoms with van der Waals surface area (Å²) in [5, 5.41) is 7.23. The SMILES string of the molecule is CSCC[C@H](N)C(=O)NCCc1ccn(-c2ccc(F)cc2)n1. The van der Waals surface area contributed by atoms with Crippen molar-refractivity contribution >= 4 is 17.7 Å². The van der Waals surface area contributed by atoms with Crippen LogP contribution in [0.15, 0.2) is 36.5 Å². The quantitative estimate of drug-likeness (QED) is 0.770. The molecule has 5 nitrogen and oxygen atoms in total. The number of amides is 1. The number of nitrogens with zero attached hydrogens (tertiary/aromatic N) is 2. The zero-order chi connectivity index (χ0) is 16.7. The molecule has 0 unspecified atom stereocenters. The Hall–Kier alpha value is -1.86. The van der Waals surface area contributed by atoms with E-state index in [9.17, 15) is 9.18 Å². The van der Waals surface area contributed by atoms with E-state index in [1.807, 2.05) is 18.5 Å². The molecule has 23 heavy (non-hydrogen) atoms. The summed E-state index contributed by atoms with van der Waals surface area (Å²) < 4.78 is 14.6.